The van der Waals surface area contributed by atoms with Crippen LogP contribution in [0.1, 0.15) is 17.3 Å². The lowest BCUT2D eigenvalue weighted by atomic mass is 10.1. The van der Waals surface area contributed by atoms with Crippen molar-refractivity contribution in [3.8, 4) is 10.4 Å². The minimum atomic E-state index is -0.444. The Morgan fingerprint density at radius 1 is 1.27 bits per heavy atom. The van der Waals surface area contributed by atoms with Crippen LogP contribution in [0.5, 0.6) is 0 Å². The largest absolute Gasteiger partial charge is 0.462 e. The molecule has 0 saturated carbocycles. The van der Waals surface area contributed by atoms with Crippen LogP contribution >= 0.6 is 45.8 Å². The first-order valence-corrected chi connectivity index (χ1v) is 12.5. The van der Waals surface area contributed by atoms with Crippen molar-refractivity contribution in [1.82, 2.24) is 10.2 Å². The van der Waals surface area contributed by atoms with E-state index in [1.807, 2.05) is 22.9 Å². The number of carbonyl (C=O) groups excluding carboxylic acids is 2. The number of ether oxygens (including phenoxy) is 2. The summed E-state index contributed by atoms with van der Waals surface area (Å²) in [5.74, 6) is -0.517. The number of aromatic nitrogens is 2. The fraction of sp³-hybridized carbons (Fsp3) is 0.333. The summed E-state index contributed by atoms with van der Waals surface area (Å²) in [6.45, 7) is 3.23. The first-order chi connectivity index (χ1) is 14.6. The van der Waals surface area contributed by atoms with E-state index in [0.29, 0.717) is 33.2 Å². The molecule has 0 bridgehead atoms. The first-order valence-electron chi connectivity index (χ1n) is 8.93. The van der Waals surface area contributed by atoms with E-state index >= 15 is 0 Å². The Hall–Kier alpha value is -1.99. The van der Waals surface area contributed by atoms with E-state index < -0.39 is 5.97 Å². The highest BCUT2D eigenvalue weighted by atomic mass is 32.2. The number of thiophene rings is 2. The van der Waals surface area contributed by atoms with Crippen molar-refractivity contribution in [2.24, 2.45) is 0 Å². The molecular weight excluding hydrogens is 464 g/mol. The summed E-state index contributed by atoms with van der Waals surface area (Å²) in [6, 6.07) is 3.85. The second-order valence-corrected chi connectivity index (χ2v) is 9.71. The van der Waals surface area contributed by atoms with Crippen molar-refractivity contribution in [2.45, 2.75) is 11.3 Å². The molecule has 1 amide bonds. The minimum absolute atomic E-state index is 0.154. The fourth-order valence-corrected chi connectivity index (χ4v) is 5.72. The second kappa shape index (κ2) is 11.4. The molecule has 0 fully saturated rings. The Kier molecular flexibility index (Phi) is 8.63. The number of esters is 1. The zero-order chi connectivity index (χ0) is 21.3. The third-order valence-electron chi connectivity index (χ3n) is 3.63. The smallest absolute Gasteiger partial charge is 0.341 e. The molecule has 0 radical (unpaired) electrons. The van der Waals surface area contributed by atoms with Gasteiger partial charge in [0.15, 0.2) is 4.34 Å². The molecule has 160 valence electrons. The lowest BCUT2D eigenvalue weighted by Gasteiger charge is -2.07. The van der Waals surface area contributed by atoms with Crippen LogP contribution < -0.4 is 10.6 Å². The zero-order valence-corrected chi connectivity index (χ0v) is 19.6. The number of methoxy groups -OCH3 is 1. The van der Waals surface area contributed by atoms with E-state index in [1.165, 1.54) is 45.8 Å². The van der Waals surface area contributed by atoms with E-state index in [0.717, 1.165) is 10.4 Å². The van der Waals surface area contributed by atoms with Crippen molar-refractivity contribution in [3.63, 3.8) is 0 Å². The van der Waals surface area contributed by atoms with Gasteiger partial charge in [0.1, 0.15) is 10.6 Å². The zero-order valence-electron chi connectivity index (χ0n) is 16.3. The van der Waals surface area contributed by atoms with Crippen LogP contribution in [0.4, 0.5) is 10.1 Å². The molecule has 0 saturated heterocycles. The van der Waals surface area contributed by atoms with Gasteiger partial charge < -0.3 is 20.1 Å². The van der Waals surface area contributed by atoms with Gasteiger partial charge in [-0.3, -0.25) is 4.79 Å². The van der Waals surface area contributed by atoms with Gasteiger partial charge in [0.2, 0.25) is 11.0 Å². The molecule has 3 heterocycles. The molecule has 0 spiro atoms. The number of amides is 1. The number of nitrogens with one attached hydrogen (secondary N) is 2. The van der Waals surface area contributed by atoms with Gasteiger partial charge >= 0.3 is 5.97 Å². The predicted molar refractivity (Wildman–Crippen MR) is 123 cm³/mol. The molecule has 3 rings (SSSR count). The van der Waals surface area contributed by atoms with Crippen LogP contribution in [0.25, 0.3) is 10.4 Å². The maximum absolute atomic E-state index is 12.5. The Morgan fingerprint density at radius 2 is 2.13 bits per heavy atom. The van der Waals surface area contributed by atoms with Gasteiger partial charge in [0, 0.05) is 29.5 Å². The number of rotatable bonds is 11. The van der Waals surface area contributed by atoms with Crippen molar-refractivity contribution < 1.29 is 19.1 Å². The molecule has 12 heteroatoms. The van der Waals surface area contributed by atoms with Gasteiger partial charge in [0.25, 0.3) is 0 Å². The van der Waals surface area contributed by atoms with E-state index in [4.69, 9.17) is 9.47 Å². The number of hydrogen-bond acceptors (Lipinski definition) is 11. The summed E-state index contributed by atoms with van der Waals surface area (Å²) >= 11 is 5.50. The van der Waals surface area contributed by atoms with Crippen LogP contribution in [0.15, 0.2) is 27.2 Å². The molecule has 0 aliphatic heterocycles. The van der Waals surface area contributed by atoms with Gasteiger partial charge in [0.05, 0.1) is 19.0 Å². The van der Waals surface area contributed by atoms with E-state index in [2.05, 4.69) is 20.8 Å². The van der Waals surface area contributed by atoms with Gasteiger partial charge in [-0.15, -0.1) is 32.9 Å². The maximum atomic E-state index is 12.5. The number of hydrogen-bond donors (Lipinski definition) is 2. The highest BCUT2D eigenvalue weighted by molar-refractivity contribution is 8.01. The van der Waals surface area contributed by atoms with Gasteiger partial charge in [-0.1, -0.05) is 29.2 Å². The monoisotopic (exact) mass is 484 g/mol. The molecule has 0 aliphatic rings. The van der Waals surface area contributed by atoms with Crippen LogP contribution in [0, 0.1) is 0 Å². The van der Waals surface area contributed by atoms with Gasteiger partial charge in [-0.25, -0.2) is 4.79 Å². The Balaban J connectivity index is 1.63. The Labute approximate surface area is 190 Å². The molecule has 0 aromatic carbocycles. The summed E-state index contributed by atoms with van der Waals surface area (Å²) in [5, 5.41) is 19.0. The third-order valence-corrected chi connectivity index (χ3v) is 7.44. The Morgan fingerprint density at radius 3 is 2.87 bits per heavy atom. The topological polar surface area (TPSA) is 102 Å². The number of carbonyl (C=O) groups is 2. The van der Waals surface area contributed by atoms with Gasteiger partial charge in [-0.05, 0) is 18.4 Å². The normalized spacial score (nSPS) is 10.7. The fourth-order valence-electron chi connectivity index (χ4n) is 2.36. The van der Waals surface area contributed by atoms with Crippen LogP contribution in [0.3, 0.4) is 0 Å². The van der Waals surface area contributed by atoms with Crippen molar-refractivity contribution in [2.75, 3.05) is 43.3 Å². The number of anilines is 2. The van der Waals surface area contributed by atoms with Crippen LogP contribution in [-0.2, 0) is 14.3 Å². The first kappa shape index (κ1) is 22.7. The second-order valence-electron chi connectivity index (χ2n) is 5.68. The van der Waals surface area contributed by atoms with Crippen molar-refractivity contribution in [1.29, 1.82) is 0 Å². The summed E-state index contributed by atoms with van der Waals surface area (Å²) in [7, 11) is 1.63. The van der Waals surface area contributed by atoms with E-state index in [9.17, 15) is 9.59 Å². The number of nitrogens with zero attached hydrogens (tertiary/aromatic N) is 2. The average molecular weight is 485 g/mol. The van der Waals surface area contributed by atoms with E-state index in [1.54, 1.807) is 14.0 Å². The lowest BCUT2D eigenvalue weighted by molar-refractivity contribution is -0.113. The van der Waals surface area contributed by atoms with Crippen LogP contribution in [-0.4, -0.2) is 54.7 Å². The quantitative estimate of drug-likeness (QED) is 0.236. The lowest BCUT2D eigenvalue weighted by Crippen LogP contribution is -2.16. The standard InChI is InChI=1S/C18H20N4O4S4/c1-3-26-16(24)14-11(12-5-4-8-27-12)9-28-15(14)20-13(23)10-29-18-22-21-17(30-18)19-6-7-25-2/h4-5,8-9H,3,6-7,10H2,1-2H3,(H,19,21)(H,20,23). The average Bonchev–Trinajstić information content (AvgIpc) is 3.47. The molecule has 30 heavy (non-hydrogen) atoms. The van der Waals surface area contributed by atoms with Crippen molar-refractivity contribution >= 4 is 67.8 Å². The molecule has 3 aromatic heterocycles. The number of thioether (sulfide) groups is 1. The summed E-state index contributed by atoms with van der Waals surface area (Å²) in [4.78, 5) is 25.9. The molecular formula is C18H20N4O4S4. The highest BCUT2D eigenvalue weighted by Crippen LogP contribution is 2.38. The molecule has 0 atom stereocenters. The van der Waals surface area contributed by atoms with E-state index in [-0.39, 0.29) is 18.3 Å². The Bertz CT molecular complexity index is 971. The molecule has 3 aromatic rings. The molecule has 2 N–H and O–H groups in total. The summed E-state index contributed by atoms with van der Waals surface area (Å²) < 4.78 is 10.9. The molecule has 8 nitrogen and oxygen atoms in total. The molecule has 0 aliphatic carbocycles. The van der Waals surface area contributed by atoms with Gasteiger partial charge in [-0.2, -0.15) is 0 Å². The minimum Gasteiger partial charge on any atom is -0.462 e. The third kappa shape index (κ3) is 6.01. The SMILES string of the molecule is CCOC(=O)c1c(-c2cccs2)csc1NC(=O)CSc1nnc(NCCOC)s1. The summed E-state index contributed by atoms with van der Waals surface area (Å²) in [6.07, 6.45) is 0. The maximum Gasteiger partial charge on any atom is 0.341 e. The van der Waals surface area contributed by atoms with Crippen molar-refractivity contribution in [3.05, 3.63) is 28.5 Å². The summed E-state index contributed by atoms with van der Waals surface area (Å²) in [5.41, 5.74) is 1.16. The molecule has 0 unspecified atom stereocenters. The van der Waals surface area contributed by atoms with Crippen LogP contribution in [0.2, 0.25) is 0 Å². The predicted octanol–water partition coefficient (Wildman–Crippen LogP) is 4.29. The highest BCUT2D eigenvalue weighted by Gasteiger charge is 2.23.